The summed E-state index contributed by atoms with van der Waals surface area (Å²) in [7, 11) is 0. The van der Waals surface area contributed by atoms with Crippen molar-refractivity contribution in [3.8, 4) is 0 Å². The normalized spacial score (nSPS) is 19.4. The molecule has 0 amide bonds. The first kappa shape index (κ1) is 10.0. The van der Waals surface area contributed by atoms with Gasteiger partial charge in [0.05, 0.1) is 12.4 Å². The van der Waals surface area contributed by atoms with Gasteiger partial charge in [0.15, 0.2) is 5.65 Å². The third kappa shape index (κ3) is 1.33. The van der Waals surface area contributed by atoms with Crippen molar-refractivity contribution in [3.05, 3.63) is 23.4 Å². The molecule has 2 aromatic heterocycles. The van der Waals surface area contributed by atoms with Gasteiger partial charge in [0.1, 0.15) is 11.0 Å². The third-order valence-corrected chi connectivity index (χ3v) is 3.79. The van der Waals surface area contributed by atoms with Crippen molar-refractivity contribution in [3.63, 3.8) is 0 Å². The van der Waals surface area contributed by atoms with Crippen LogP contribution in [0.1, 0.15) is 38.4 Å². The minimum Gasteiger partial charge on any atom is -0.266 e. The molecule has 1 aliphatic rings. The second-order valence-electron chi connectivity index (χ2n) is 4.71. The fraction of sp³-hybridized carbons (Fsp3) is 0.545. The van der Waals surface area contributed by atoms with Crippen LogP contribution in [0.5, 0.6) is 0 Å². The van der Waals surface area contributed by atoms with Crippen LogP contribution >= 0.6 is 11.6 Å². The van der Waals surface area contributed by atoms with Gasteiger partial charge in [-0.05, 0) is 12.8 Å². The van der Waals surface area contributed by atoms with E-state index in [9.17, 15) is 0 Å². The number of hydrogen-bond acceptors (Lipinski definition) is 3. The van der Waals surface area contributed by atoms with E-state index in [1.54, 1.807) is 12.4 Å². The van der Waals surface area contributed by atoms with E-state index in [2.05, 4.69) is 22.1 Å². The summed E-state index contributed by atoms with van der Waals surface area (Å²) >= 11 is 6.16. The molecule has 5 heteroatoms. The molecule has 2 aromatic rings. The minimum absolute atomic E-state index is 0.115. The Balaban J connectivity index is 2.24. The van der Waals surface area contributed by atoms with E-state index in [4.69, 9.17) is 11.6 Å². The van der Waals surface area contributed by atoms with E-state index in [1.807, 2.05) is 4.40 Å². The quantitative estimate of drug-likeness (QED) is 0.765. The molecule has 4 nitrogen and oxygen atoms in total. The number of nitrogens with zero attached hydrogens (tertiary/aromatic N) is 4. The van der Waals surface area contributed by atoms with E-state index in [-0.39, 0.29) is 5.41 Å². The van der Waals surface area contributed by atoms with E-state index < -0.39 is 0 Å². The maximum absolute atomic E-state index is 6.16. The molecular formula is C11H13ClN4. The standard InChI is InChI=1S/C11H13ClN4/c1-11(4-2-3-5-11)10-15-14-9-7-13-6-8(12)16(9)10/h6-7H,2-5H2,1H3. The number of halogens is 1. The Hall–Kier alpha value is -1.16. The van der Waals surface area contributed by atoms with E-state index in [0.717, 1.165) is 24.3 Å². The zero-order valence-corrected chi connectivity index (χ0v) is 9.91. The van der Waals surface area contributed by atoms with Crippen molar-refractivity contribution in [1.82, 2.24) is 19.6 Å². The molecule has 1 aliphatic carbocycles. The smallest absolute Gasteiger partial charge is 0.180 e. The van der Waals surface area contributed by atoms with Crippen molar-refractivity contribution in [2.24, 2.45) is 0 Å². The molecule has 0 N–H and O–H groups in total. The minimum atomic E-state index is 0.115. The average Bonchev–Trinajstić information content (AvgIpc) is 2.85. The summed E-state index contributed by atoms with van der Waals surface area (Å²) in [4.78, 5) is 4.02. The van der Waals surface area contributed by atoms with Crippen molar-refractivity contribution >= 4 is 17.2 Å². The lowest BCUT2D eigenvalue weighted by atomic mass is 9.88. The molecule has 0 unspecified atom stereocenters. The first-order valence-electron chi connectivity index (χ1n) is 5.56. The predicted molar refractivity (Wildman–Crippen MR) is 61.6 cm³/mol. The van der Waals surface area contributed by atoms with Crippen LogP contribution < -0.4 is 0 Å². The Kier molecular flexibility index (Phi) is 2.14. The summed E-state index contributed by atoms with van der Waals surface area (Å²) in [6, 6.07) is 0. The van der Waals surface area contributed by atoms with Gasteiger partial charge in [0.2, 0.25) is 0 Å². The van der Waals surface area contributed by atoms with Crippen LogP contribution in [0.2, 0.25) is 5.15 Å². The molecule has 1 saturated carbocycles. The molecule has 3 rings (SSSR count). The summed E-state index contributed by atoms with van der Waals surface area (Å²) < 4.78 is 1.92. The molecule has 0 aromatic carbocycles. The van der Waals surface area contributed by atoms with E-state index >= 15 is 0 Å². The van der Waals surface area contributed by atoms with Gasteiger partial charge in [-0.2, -0.15) is 0 Å². The molecule has 16 heavy (non-hydrogen) atoms. The number of fused-ring (bicyclic) bond motifs is 1. The zero-order valence-electron chi connectivity index (χ0n) is 9.15. The van der Waals surface area contributed by atoms with Gasteiger partial charge in [0, 0.05) is 5.41 Å². The van der Waals surface area contributed by atoms with Crippen LogP contribution in [-0.4, -0.2) is 19.6 Å². The summed E-state index contributed by atoms with van der Waals surface area (Å²) in [6.07, 6.45) is 8.17. The molecular weight excluding hydrogens is 224 g/mol. The lowest BCUT2D eigenvalue weighted by Gasteiger charge is -2.21. The largest absolute Gasteiger partial charge is 0.266 e. The first-order chi connectivity index (χ1) is 7.71. The zero-order chi connectivity index (χ0) is 11.2. The summed E-state index contributed by atoms with van der Waals surface area (Å²) in [5.41, 5.74) is 0.848. The lowest BCUT2D eigenvalue weighted by Crippen LogP contribution is -2.21. The van der Waals surface area contributed by atoms with Gasteiger partial charge < -0.3 is 0 Å². The summed E-state index contributed by atoms with van der Waals surface area (Å²) in [5, 5.41) is 9.02. The second kappa shape index (κ2) is 3.42. The summed E-state index contributed by atoms with van der Waals surface area (Å²) in [6.45, 7) is 2.24. The Morgan fingerprint density at radius 2 is 2.00 bits per heavy atom. The summed E-state index contributed by atoms with van der Waals surface area (Å²) in [5.74, 6) is 0.979. The van der Waals surface area contributed by atoms with Crippen LogP contribution in [-0.2, 0) is 5.41 Å². The van der Waals surface area contributed by atoms with Gasteiger partial charge >= 0.3 is 0 Å². The second-order valence-corrected chi connectivity index (χ2v) is 5.10. The third-order valence-electron chi connectivity index (χ3n) is 3.52. The Labute approximate surface area is 98.7 Å². The Morgan fingerprint density at radius 3 is 2.75 bits per heavy atom. The molecule has 0 spiro atoms. The van der Waals surface area contributed by atoms with Crippen molar-refractivity contribution < 1.29 is 0 Å². The average molecular weight is 237 g/mol. The van der Waals surface area contributed by atoms with Gasteiger partial charge in [-0.25, -0.2) is 0 Å². The van der Waals surface area contributed by atoms with Crippen LogP contribution in [0.25, 0.3) is 5.65 Å². The fourth-order valence-electron chi connectivity index (χ4n) is 2.58. The molecule has 0 radical (unpaired) electrons. The monoisotopic (exact) mass is 236 g/mol. The van der Waals surface area contributed by atoms with E-state index in [1.165, 1.54) is 12.8 Å². The maximum atomic E-state index is 6.16. The van der Waals surface area contributed by atoms with Gasteiger partial charge in [-0.3, -0.25) is 9.38 Å². The Bertz CT molecular complexity index is 528. The fourth-order valence-corrected chi connectivity index (χ4v) is 2.81. The molecule has 84 valence electrons. The lowest BCUT2D eigenvalue weighted by molar-refractivity contribution is 0.454. The van der Waals surface area contributed by atoms with Crippen LogP contribution in [0.15, 0.2) is 12.4 Å². The Morgan fingerprint density at radius 1 is 1.25 bits per heavy atom. The molecule has 2 heterocycles. The van der Waals surface area contributed by atoms with Crippen molar-refractivity contribution in [1.29, 1.82) is 0 Å². The highest BCUT2D eigenvalue weighted by molar-refractivity contribution is 6.29. The highest BCUT2D eigenvalue weighted by Gasteiger charge is 2.35. The first-order valence-corrected chi connectivity index (χ1v) is 5.94. The highest BCUT2D eigenvalue weighted by atomic mass is 35.5. The highest BCUT2D eigenvalue weighted by Crippen LogP contribution is 2.40. The van der Waals surface area contributed by atoms with Gasteiger partial charge in [-0.1, -0.05) is 31.4 Å². The predicted octanol–water partition coefficient (Wildman–Crippen LogP) is 2.61. The molecule has 0 aliphatic heterocycles. The van der Waals surface area contributed by atoms with Gasteiger partial charge in [-0.15, -0.1) is 10.2 Å². The van der Waals surface area contributed by atoms with Crippen LogP contribution in [0, 0.1) is 0 Å². The van der Waals surface area contributed by atoms with E-state index in [0.29, 0.717) is 5.15 Å². The SMILES string of the molecule is CC1(c2nnc3cncc(Cl)n23)CCCC1. The van der Waals surface area contributed by atoms with Crippen molar-refractivity contribution in [2.75, 3.05) is 0 Å². The van der Waals surface area contributed by atoms with Crippen LogP contribution in [0.4, 0.5) is 0 Å². The number of aromatic nitrogens is 4. The molecule has 0 bridgehead atoms. The van der Waals surface area contributed by atoms with Crippen LogP contribution in [0.3, 0.4) is 0 Å². The number of hydrogen-bond donors (Lipinski definition) is 0. The molecule has 0 saturated heterocycles. The maximum Gasteiger partial charge on any atom is 0.180 e. The van der Waals surface area contributed by atoms with Crippen molar-refractivity contribution in [2.45, 2.75) is 38.0 Å². The topological polar surface area (TPSA) is 43.1 Å². The molecule has 1 fully saturated rings. The molecule has 0 atom stereocenters. The number of rotatable bonds is 1. The van der Waals surface area contributed by atoms with Gasteiger partial charge in [0.25, 0.3) is 0 Å².